The van der Waals surface area contributed by atoms with Crippen molar-refractivity contribution < 1.29 is 17.9 Å². The van der Waals surface area contributed by atoms with Crippen molar-refractivity contribution in [2.45, 2.75) is 13.3 Å². The number of nitrogens with zero attached hydrogens (tertiary/aromatic N) is 2. The smallest absolute Gasteiger partial charge is 0.311 e. The quantitative estimate of drug-likeness (QED) is 0.770. The second kappa shape index (κ2) is 6.12. The van der Waals surface area contributed by atoms with Crippen LogP contribution in [-0.4, -0.2) is 44.4 Å². The molecule has 1 N–H and O–H groups in total. The highest BCUT2D eigenvalue weighted by Gasteiger charge is 2.16. The van der Waals surface area contributed by atoms with Crippen LogP contribution in [0.2, 0.25) is 0 Å². The molecule has 0 amide bonds. The number of anilines is 1. The molecular formula is C9H15N3O4S2. The third kappa shape index (κ3) is 4.24. The molecule has 1 aromatic rings. The summed E-state index contributed by atoms with van der Waals surface area (Å²) in [5.74, 6) is -0.384. The zero-order valence-electron chi connectivity index (χ0n) is 10.3. The number of hydrogen-bond donors (Lipinski definition) is 1. The van der Waals surface area contributed by atoms with Crippen LogP contribution in [0.5, 0.6) is 0 Å². The Bertz CT molecular complexity index is 510. The van der Waals surface area contributed by atoms with Gasteiger partial charge in [0.25, 0.3) is 0 Å². The standard InChI is InChI=1S/C9H15N3O4S2/c1-4-16-8(13)5-7-6-17-9(10-7)11-18(14,15)12(2)3/h6H,4-5H2,1-3H3,(H,10,11). The average molecular weight is 293 g/mol. The maximum Gasteiger partial charge on any atom is 0.311 e. The Kier molecular flexibility index (Phi) is 5.05. The Balaban J connectivity index is 2.67. The number of ether oxygens (including phenoxy) is 1. The summed E-state index contributed by atoms with van der Waals surface area (Å²) in [6.45, 7) is 2.03. The molecule has 9 heteroatoms. The van der Waals surface area contributed by atoms with Gasteiger partial charge >= 0.3 is 16.2 Å². The predicted molar refractivity (Wildman–Crippen MR) is 68.7 cm³/mol. The van der Waals surface area contributed by atoms with Crippen molar-refractivity contribution in [2.75, 3.05) is 25.4 Å². The van der Waals surface area contributed by atoms with Crippen molar-refractivity contribution in [3.63, 3.8) is 0 Å². The van der Waals surface area contributed by atoms with Crippen molar-refractivity contribution in [3.8, 4) is 0 Å². The van der Waals surface area contributed by atoms with Crippen LogP contribution in [0.3, 0.4) is 0 Å². The zero-order valence-corrected chi connectivity index (χ0v) is 12.0. The SMILES string of the molecule is CCOC(=O)Cc1csc(NS(=O)(=O)N(C)C)n1. The van der Waals surface area contributed by atoms with Gasteiger partial charge in [-0.3, -0.25) is 4.79 Å². The number of hydrogen-bond acceptors (Lipinski definition) is 6. The predicted octanol–water partition coefficient (Wildman–Crippen LogP) is 0.467. The summed E-state index contributed by atoms with van der Waals surface area (Å²) in [6, 6.07) is 0. The lowest BCUT2D eigenvalue weighted by Gasteiger charge is -2.10. The van der Waals surface area contributed by atoms with Gasteiger partial charge in [0.15, 0.2) is 5.13 Å². The molecule has 0 saturated heterocycles. The van der Waals surface area contributed by atoms with Gasteiger partial charge in [-0.05, 0) is 6.92 Å². The summed E-state index contributed by atoms with van der Waals surface area (Å²) in [7, 11) is -0.737. The molecule has 1 rings (SSSR count). The molecular weight excluding hydrogens is 278 g/mol. The molecule has 0 aromatic carbocycles. The minimum absolute atomic E-state index is 0.0357. The molecule has 0 spiro atoms. The molecule has 102 valence electrons. The van der Waals surface area contributed by atoms with E-state index in [0.717, 1.165) is 15.6 Å². The third-order valence-electron chi connectivity index (χ3n) is 1.88. The van der Waals surface area contributed by atoms with Crippen molar-refractivity contribution in [2.24, 2.45) is 0 Å². The van der Waals surface area contributed by atoms with Gasteiger partial charge in [0.2, 0.25) is 0 Å². The fourth-order valence-corrected chi connectivity index (χ4v) is 2.51. The van der Waals surface area contributed by atoms with Crippen LogP contribution in [0.4, 0.5) is 5.13 Å². The first-order chi connectivity index (χ1) is 8.35. The normalized spacial score (nSPS) is 11.6. The highest BCUT2D eigenvalue weighted by atomic mass is 32.2. The lowest BCUT2D eigenvalue weighted by Crippen LogP contribution is -2.28. The first kappa shape index (κ1) is 14.9. The number of carbonyl (C=O) groups excluding carboxylic acids is 1. The largest absolute Gasteiger partial charge is 0.466 e. The van der Waals surface area contributed by atoms with Gasteiger partial charge in [-0.15, -0.1) is 11.3 Å². The molecule has 1 heterocycles. The Hall–Kier alpha value is -1.19. The van der Waals surface area contributed by atoms with E-state index in [-0.39, 0.29) is 17.5 Å². The van der Waals surface area contributed by atoms with E-state index < -0.39 is 10.2 Å². The Labute approximate surface area is 110 Å². The van der Waals surface area contributed by atoms with Gasteiger partial charge in [0.1, 0.15) is 0 Å². The number of rotatable bonds is 6. The fraction of sp³-hybridized carbons (Fsp3) is 0.556. The summed E-state index contributed by atoms with van der Waals surface area (Å²) in [5.41, 5.74) is 0.481. The van der Waals surface area contributed by atoms with E-state index in [1.165, 1.54) is 14.1 Å². The number of carbonyl (C=O) groups is 1. The van der Waals surface area contributed by atoms with Crippen molar-refractivity contribution in [1.29, 1.82) is 0 Å². The van der Waals surface area contributed by atoms with Gasteiger partial charge in [-0.25, -0.2) is 9.71 Å². The maximum absolute atomic E-state index is 11.5. The van der Waals surface area contributed by atoms with Crippen molar-refractivity contribution in [1.82, 2.24) is 9.29 Å². The molecule has 0 unspecified atom stereocenters. The molecule has 0 aliphatic rings. The minimum atomic E-state index is -3.56. The number of esters is 1. The van der Waals surface area contributed by atoms with E-state index in [1.807, 2.05) is 0 Å². The highest BCUT2D eigenvalue weighted by molar-refractivity contribution is 7.90. The van der Waals surface area contributed by atoms with Crippen LogP contribution in [0.25, 0.3) is 0 Å². The summed E-state index contributed by atoms with van der Waals surface area (Å²) in [5, 5.41) is 1.84. The Morgan fingerprint density at radius 1 is 1.56 bits per heavy atom. The molecule has 0 aliphatic heterocycles. The maximum atomic E-state index is 11.5. The lowest BCUT2D eigenvalue weighted by atomic mass is 10.3. The topological polar surface area (TPSA) is 88.6 Å². The first-order valence-corrected chi connectivity index (χ1v) is 7.47. The monoisotopic (exact) mass is 293 g/mol. The van der Waals surface area contributed by atoms with Gasteiger partial charge < -0.3 is 4.74 Å². The summed E-state index contributed by atoms with van der Waals surface area (Å²) in [4.78, 5) is 15.2. The average Bonchev–Trinajstić information content (AvgIpc) is 2.64. The molecule has 0 atom stereocenters. The van der Waals surface area contributed by atoms with E-state index in [9.17, 15) is 13.2 Å². The van der Waals surface area contributed by atoms with Crippen molar-refractivity contribution >= 4 is 32.6 Å². The van der Waals surface area contributed by atoms with Crippen LogP contribution in [0.15, 0.2) is 5.38 Å². The van der Waals surface area contributed by atoms with E-state index in [2.05, 4.69) is 9.71 Å². The molecule has 0 fully saturated rings. The number of thiazole rings is 1. The molecule has 18 heavy (non-hydrogen) atoms. The molecule has 0 saturated carbocycles. The number of nitrogens with one attached hydrogen (secondary N) is 1. The highest BCUT2D eigenvalue weighted by Crippen LogP contribution is 2.17. The molecule has 7 nitrogen and oxygen atoms in total. The Morgan fingerprint density at radius 3 is 2.78 bits per heavy atom. The summed E-state index contributed by atoms with van der Waals surface area (Å²) < 4.78 is 31.2. The molecule has 1 aromatic heterocycles. The third-order valence-corrected chi connectivity index (χ3v) is 4.23. The minimum Gasteiger partial charge on any atom is -0.466 e. The molecule has 0 aliphatic carbocycles. The lowest BCUT2D eigenvalue weighted by molar-refractivity contribution is -0.142. The van der Waals surface area contributed by atoms with Gasteiger partial charge in [-0.2, -0.15) is 12.7 Å². The second-order valence-corrected chi connectivity index (χ2v) is 6.26. The van der Waals surface area contributed by atoms with Crippen LogP contribution in [0.1, 0.15) is 12.6 Å². The van der Waals surface area contributed by atoms with Gasteiger partial charge in [0.05, 0.1) is 18.7 Å². The van der Waals surface area contributed by atoms with Crippen LogP contribution in [-0.2, 0) is 26.2 Å². The van der Waals surface area contributed by atoms with Crippen molar-refractivity contribution in [3.05, 3.63) is 11.1 Å². The Morgan fingerprint density at radius 2 is 2.22 bits per heavy atom. The molecule has 0 radical (unpaired) electrons. The van der Waals surface area contributed by atoms with E-state index in [0.29, 0.717) is 12.3 Å². The van der Waals surface area contributed by atoms with E-state index in [1.54, 1.807) is 12.3 Å². The summed E-state index contributed by atoms with van der Waals surface area (Å²) >= 11 is 1.12. The first-order valence-electron chi connectivity index (χ1n) is 5.15. The van der Waals surface area contributed by atoms with Gasteiger partial charge in [0, 0.05) is 19.5 Å². The number of aromatic nitrogens is 1. The zero-order chi connectivity index (χ0) is 13.8. The van der Waals surface area contributed by atoms with Gasteiger partial charge in [-0.1, -0.05) is 0 Å². The van der Waals surface area contributed by atoms with E-state index in [4.69, 9.17) is 4.74 Å². The molecule has 0 bridgehead atoms. The van der Waals surface area contributed by atoms with Crippen LogP contribution in [0, 0.1) is 0 Å². The summed E-state index contributed by atoms with van der Waals surface area (Å²) in [6.07, 6.45) is 0.0357. The van der Waals surface area contributed by atoms with Crippen LogP contribution >= 0.6 is 11.3 Å². The van der Waals surface area contributed by atoms with Crippen LogP contribution < -0.4 is 4.72 Å². The second-order valence-electron chi connectivity index (χ2n) is 3.52. The van der Waals surface area contributed by atoms with E-state index >= 15 is 0 Å². The fourth-order valence-electron chi connectivity index (χ4n) is 0.997.